The van der Waals surface area contributed by atoms with Gasteiger partial charge in [0.15, 0.2) is 0 Å². The highest BCUT2D eigenvalue weighted by atomic mass is 19.4. The molecule has 2 aliphatic rings. The van der Waals surface area contributed by atoms with Crippen molar-refractivity contribution in [1.29, 1.82) is 0 Å². The number of alkyl halides is 3. The topological polar surface area (TPSA) is 0 Å². The molecule has 3 heteroatoms. The van der Waals surface area contributed by atoms with Gasteiger partial charge in [-0.3, -0.25) is 0 Å². The zero-order valence-corrected chi connectivity index (χ0v) is 8.70. The summed E-state index contributed by atoms with van der Waals surface area (Å²) in [6, 6.07) is 0. The second-order valence-electron chi connectivity index (χ2n) is 5.08. The van der Waals surface area contributed by atoms with E-state index in [2.05, 4.69) is 0 Å². The van der Waals surface area contributed by atoms with Crippen molar-refractivity contribution >= 4 is 0 Å². The minimum Gasteiger partial charge on any atom is -0.166 e. The summed E-state index contributed by atoms with van der Waals surface area (Å²) in [7, 11) is 0. The van der Waals surface area contributed by atoms with Gasteiger partial charge < -0.3 is 0 Å². The van der Waals surface area contributed by atoms with Crippen LogP contribution in [0.5, 0.6) is 0 Å². The van der Waals surface area contributed by atoms with Gasteiger partial charge in [0.1, 0.15) is 0 Å². The standard InChI is InChI=1S/C11H15F3/c1-6-4-5-7-9(10(7,2)3)8(6)11(12,13)14/h6-7H,4-5H2,1-3H3. The largest absolute Gasteiger partial charge is 0.412 e. The zero-order chi connectivity index (χ0) is 10.7. The quantitative estimate of drug-likeness (QED) is 0.524. The lowest BCUT2D eigenvalue weighted by Crippen LogP contribution is -2.20. The van der Waals surface area contributed by atoms with E-state index >= 15 is 0 Å². The molecule has 0 aromatic carbocycles. The summed E-state index contributed by atoms with van der Waals surface area (Å²) in [5, 5.41) is 0. The monoisotopic (exact) mass is 204 g/mol. The van der Waals surface area contributed by atoms with Crippen LogP contribution in [0.15, 0.2) is 11.1 Å². The highest BCUT2D eigenvalue weighted by Crippen LogP contribution is 2.66. The molecule has 0 aromatic rings. The summed E-state index contributed by atoms with van der Waals surface area (Å²) in [5.74, 6) is -0.0988. The van der Waals surface area contributed by atoms with E-state index in [9.17, 15) is 13.2 Å². The molecule has 14 heavy (non-hydrogen) atoms. The third-order valence-electron chi connectivity index (χ3n) is 3.81. The Hall–Kier alpha value is -0.470. The van der Waals surface area contributed by atoms with Crippen molar-refractivity contribution in [2.24, 2.45) is 17.3 Å². The first-order chi connectivity index (χ1) is 6.26. The van der Waals surface area contributed by atoms with E-state index in [0.717, 1.165) is 6.42 Å². The predicted octanol–water partition coefficient (Wildman–Crippen LogP) is 3.93. The van der Waals surface area contributed by atoms with E-state index < -0.39 is 6.18 Å². The molecule has 0 heterocycles. The van der Waals surface area contributed by atoms with Crippen LogP contribution >= 0.6 is 0 Å². The molecule has 0 aliphatic heterocycles. The first kappa shape index (κ1) is 10.1. The van der Waals surface area contributed by atoms with Crippen LogP contribution in [-0.4, -0.2) is 6.18 Å². The average Bonchev–Trinajstić information content (AvgIpc) is 2.51. The fraction of sp³-hybridized carbons (Fsp3) is 0.818. The second kappa shape index (κ2) is 2.56. The fourth-order valence-electron chi connectivity index (χ4n) is 2.94. The lowest BCUT2D eigenvalue weighted by Gasteiger charge is -2.21. The van der Waals surface area contributed by atoms with Crippen LogP contribution in [0.25, 0.3) is 0 Å². The van der Waals surface area contributed by atoms with E-state index in [4.69, 9.17) is 0 Å². The lowest BCUT2D eigenvalue weighted by atomic mass is 9.89. The lowest BCUT2D eigenvalue weighted by molar-refractivity contribution is -0.1000. The first-order valence-electron chi connectivity index (χ1n) is 5.08. The molecule has 1 fully saturated rings. The van der Waals surface area contributed by atoms with Crippen molar-refractivity contribution in [3.8, 4) is 0 Å². The number of hydrogen-bond acceptors (Lipinski definition) is 0. The number of rotatable bonds is 0. The Kier molecular flexibility index (Phi) is 1.84. The van der Waals surface area contributed by atoms with Crippen LogP contribution in [0.2, 0.25) is 0 Å². The van der Waals surface area contributed by atoms with Crippen molar-refractivity contribution in [3.05, 3.63) is 11.1 Å². The van der Waals surface area contributed by atoms with Crippen molar-refractivity contribution in [1.82, 2.24) is 0 Å². The molecule has 2 aliphatic carbocycles. The molecular weight excluding hydrogens is 189 g/mol. The van der Waals surface area contributed by atoms with E-state index in [1.807, 2.05) is 13.8 Å². The van der Waals surface area contributed by atoms with Gasteiger partial charge in [-0.05, 0) is 30.1 Å². The van der Waals surface area contributed by atoms with Gasteiger partial charge in [0, 0.05) is 5.57 Å². The van der Waals surface area contributed by atoms with Crippen molar-refractivity contribution < 1.29 is 13.2 Å². The van der Waals surface area contributed by atoms with Crippen LogP contribution in [-0.2, 0) is 0 Å². The molecule has 0 amide bonds. The SMILES string of the molecule is CC1CCC2C(=C1C(F)(F)F)C2(C)C. The van der Waals surface area contributed by atoms with Crippen molar-refractivity contribution in [2.75, 3.05) is 0 Å². The molecule has 0 saturated heterocycles. The minimum absolute atomic E-state index is 0.185. The van der Waals surface area contributed by atoms with Crippen LogP contribution in [0.4, 0.5) is 13.2 Å². The summed E-state index contributed by atoms with van der Waals surface area (Å²) >= 11 is 0. The van der Waals surface area contributed by atoms with E-state index in [-0.39, 0.29) is 22.8 Å². The van der Waals surface area contributed by atoms with Crippen molar-refractivity contribution in [3.63, 3.8) is 0 Å². The maximum Gasteiger partial charge on any atom is 0.412 e. The Balaban J connectivity index is 2.45. The Morgan fingerprint density at radius 2 is 1.79 bits per heavy atom. The maximum atomic E-state index is 12.8. The minimum atomic E-state index is -4.11. The van der Waals surface area contributed by atoms with Crippen LogP contribution in [0, 0.1) is 17.3 Å². The first-order valence-corrected chi connectivity index (χ1v) is 5.08. The molecule has 0 spiro atoms. The summed E-state index contributed by atoms with van der Waals surface area (Å²) in [5.41, 5.74) is 0.276. The second-order valence-corrected chi connectivity index (χ2v) is 5.08. The summed E-state index contributed by atoms with van der Waals surface area (Å²) in [6.45, 7) is 5.55. The Labute approximate surface area is 82.2 Å². The molecule has 80 valence electrons. The summed E-state index contributed by atoms with van der Waals surface area (Å²) < 4.78 is 38.3. The normalized spacial score (nSPS) is 35.6. The Morgan fingerprint density at radius 1 is 1.21 bits per heavy atom. The fourth-order valence-corrected chi connectivity index (χ4v) is 2.94. The van der Waals surface area contributed by atoms with E-state index in [1.165, 1.54) is 0 Å². The van der Waals surface area contributed by atoms with Gasteiger partial charge >= 0.3 is 6.18 Å². The molecule has 0 aromatic heterocycles. The third-order valence-corrected chi connectivity index (χ3v) is 3.81. The van der Waals surface area contributed by atoms with Gasteiger partial charge in [0.2, 0.25) is 0 Å². The third kappa shape index (κ3) is 1.21. The van der Waals surface area contributed by atoms with Crippen LogP contribution in [0.1, 0.15) is 33.6 Å². The summed E-state index contributed by atoms with van der Waals surface area (Å²) in [4.78, 5) is 0. The van der Waals surface area contributed by atoms with Crippen LogP contribution < -0.4 is 0 Å². The molecule has 2 unspecified atom stereocenters. The number of fused-ring (bicyclic) bond motifs is 1. The highest BCUT2D eigenvalue weighted by molar-refractivity contribution is 5.44. The summed E-state index contributed by atoms with van der Waals surface area (Å²) in [6.07, 6.45) is -2.49. The number of hydrogen-bond donors (Lipinski definition) is 0. The molecule has 2 rings (SSSR count). The van der Waals surface area contributed by atoms with Gasteiger partial charge in [0.05, 0.1) is 0 Å². The zero-order valence-electron chi connectivity index (χ0n) is 8.70. The van der Waals surface area contributed by atoms with Crippen molar-refractivity contribution in [2.45, 2.75) is 39.8 Å². The van der Waals surface area contributed by atoms with E-state index in [1.54, 1.807) is 6.92 Å². The number of allylic oxidation sites excluding steroid dienone is 2. The highest BCUT2D eigenvalue weighted by Gasteiger charge is 2.60. The smallest absolute Gasteiger partial charge is 0.166 e. The van der Waals surface area contributed by atoms with Gasteiger partial charge in [-0.2, -0.15) is 13.2 Å². The molecule has 0 N–H and O–H groups in total. The maximum absolute atomic E-state index is 12.8. The Bertz CT molecular complexity index is 296. The van der Waals surface area contributed by atoms with Gasteiger partial charge in [-0.25, -0.2) is 0 Å². The van der Waals surface area contributed by atoms with Gasteiger partial charge in [-0.15, -0.1) is 0 Å². The van der Waals surface area contributed by atoms with Gasteiger partial charge in [-0.1, -0.05) is 26.3 Å². The molecule has 0 bridgehead atoms. The van der Waals surface area contributed by atoms with E-state index in [0.29, 0.717) is 12.0 Å². The predicted molar refractivity (Wildman–Crippen MR) is 48.8 cm³/mol. The Morgan fingerprint density at radius 3 is 2.21 bits per heavy atom. The molecule has 2 atom stereocenters. The van der Waals surface area contributed by atoms with Gasteiger partial charge in [0.25, 0.3) is 0 Å². The molecule has 1 saturated carbocycles. The molecule has 0 nitrogen and oxygen atoms in total. The number of halogens is 3. The average molecular weight is 204 g/mol. The van der Waals surface area contributed by atoms with Crippen LogP contribution in [0.3, 0.4) is 0 Å². The molecular formula is C11H15F3. The molecule has 0 radical (unpaired) electrons.